The van der Waals surface area contributed by atoms with Crippen LogP contribution in [0, 0.1) is 0 Å². The van der Waals surface area contributed by atoms with Crippen LogP contribution in [0.1, 0.15) is 15.9 Å². The second kappa shape index (κ2) is 6.81. The molecule has 2 aromatic carbocycles. The van der Waals surface area contributed by atoms with Crippen LogP contribution in [-0.4, -0.2) is 27.5 Å². The van der Waals surface area contributed by atoms with Crippen LogP contribution in [-0.2, 0) is 6.54 Å². The van der Waals surface area contributed by atoms with Gasteiger partial charge in [0.15, 0.2) is 0 Å². The molecule has 1 aromatic heterocycles. The number of hydrogen-bond donors (Lipinski definition) is 1. The second-order valence-corrected chi connectivity index (χ2v) is 5.99. The first-order valence-corrected chi connectivity index (χ1v) is 7.88. The number of amides is 1. The summed E-state index contributed by atoms with van der Waals surface area (Å²) >= 11 is 6.23. The zero-order valence-electron chi connectivity index (χ0n) is 13.2. The van der Waals surface area contributed by atoms with Crippen LogP contribution in [0.3, 0.4) is 0 Å². The van der Waals surface area contributed by atoms with Gasteiger partial charge in [0.2, 0.25) is 0 Å². The molecule has 122 valence electrons. The van der Waals surface area contributed by atoms with Crippen molar-refractivity contribution in [2.75, 3.05) is 7.05 Å². The molecule has 4 nitrogen and oxygen atoms in total. The molecule has 0 saturated carbocycles. The number of rotatable bonds is 4. The maximum absolute atomic E-state index is 12.7. The molecule has 0 atom stereocenters. The standard InChI is InChI=1S/C19H17ClN2O2/c1-21(13-14-5-4-6-16(23)11-14)19(24)17-12-15(7-8-18(17)20)22-9-2-3-10-22/h2-12,23H,13H2,1H3. The van der Waals surface area contributed by atoms with E-state index in [0.29, 0.717) is 17.1 Å². The van der Waals surface area contributed by atoms with Crippen molar-refractivity contribution in [1.82, 2.24) is 9.47 Å². The predicted molar refractivity (Wildman–Crippen MR) is 94.7 cm³/mol. The number of carbonyl (C=O) groups excluding carboxylic acids is 1. The van der Waals surface area contributed by atoms with Gasteiger partial charge in [0.1, 0.15) is 5.75 Å². The number of halogens is 1. The molecule has 1 amide bonds. The molecule has 24 heavy (non-hydrogen) atoms. The minimum Gasteiger partial charge on any atom is -0.508 e. The van der Waals surface area contributed by atoms with Gasteiger partial charge in [-0.1, -0.05) is 23.7 Å². The van der Waals surface area contributed by atoms with E-state index in [1.165, 1.54) is 0 Å². The van der Waals surface area contributed by atoms with E-state index in [9.17, 15) is 9.90 Å². The number of hydrogen-bond acceptors (Lipinski definition) is 2. The van der Waals surface area contributed by atoms with Crippen molar-refractivity contribution in [2.45, 2.75) is 6.54 Å². The van der Waals surface area contributed by atoms with Crippen molar-refractivity contribution in [3.8, 4) is 11.4 Å². The fraction of sp³-hybridized carbons (Fsp3) is 0.105. The van der Waals surface area contributed by atoms with Gasteiger partial charge in [0, 0.05) is 31.7 Å². The van der Waals surface area contributed by atoms with Gasteiger partial charge in [-0.25, -0.2) is 0 Å². The van der Waals surface area contributed by atoms with Crippen LogP contribution in [0.5, 0.6) is 5.75 Å². The molecule has 0 saturated heterocycles. The largest absolute Gasteiger partial charge is 0.508 e. The summed E-state index contributed by atoms with van der Waals surface area (Å²) in [6.45, 7) is 0.386. The zero-order chi connectivity index (χ0) is 17.1. The number of nitrogens with zero attached hydrogens (tertiary/aromatic N) is 2. The van der Waals surface area contributed by atoms with Gasteiger partial charge in [0.25, 0.3) is 5.91 Å². The lowest BCUT2D eigenvalue weighted by Gasteiger charge is -2.19. The second-order valence-electron chi connectivity index (χ2n) is 5.59. The van der Waals surface area contributed by atoms with E-state index in [-0.39, 0.29) is 11.7 Å². The van der Waals surface area contributed by atoms with E-state index in [2.05, 4.69) is 0 Å². The van der Waals surface area contributed by atoms with Crippen molar-refractivity contribution in [2.24, 2.45) is 0 Å². The number of aromatic nitrogens is 1. The minimum absolute atomic E-state index is 0.169. The van der Waals surface area contributed by atoms with Gasteiger partial charge < -0.3 is 14.6 Å². The lowest BCUT2D eigenvalue weighted by molar-refractivity contribution is 0.0785. The maximum atomic E-state index is 12.7. The normalized spacial score (nSPS) is 10.6. The Balaban J connectivity index is 1.85. The smallest absolute Gasteiger partial charge is 0.255 e. The third-order valence-corrected chi connectivity index (χ3v) is 4.09. The van der Waals surface area contributed by atoms with Crippen molar-refractivity contribution in [3.05, 3.63) is 83.1 Å². The first-order valence-electron chi connectivity index (χ1n) is 7.51. The third-order valence-electron chi connectivity index (χ3n) is 3.76. The van der Waals surface area contributed by atoms with Crippen molar-refractivity contribution < 1.29 is 9.90 Å². The number of phenols is 1. The molecule has 0 aliphatic carbocycles. The van der Waals surface area contributed by atoms with E-state index >= 15 is 0 Å². The third kappa shape index (κ3) is 3.44. The fourth-order valence-corrected chi connectivity index (χ4v) is 2.75. The van der Waals surface area contributed by atoms with Crippen LogP contribution in [0.2, 0.25) is 5.02 Å². The summed E-state index contributed by atoms with van der Waals surface area (Å²) in [6, 6.07) is 16.1. The lowest BCUT2D eigenvalue weighted by Crippen LogP contribution is -2.26. The Morgan fingerprint density at radius 2 is 1.88 bits per heavy atom. The van der Waals surface area contributed by atoms with Crippen LogP contribution in [0.4, 0.5) is 0 Å². The zero-order valence-corrected chi connectivity index (χ0v) is 13.9. The molecule has 3 aromatic rings. The molecule has 0 aliphatic rings. The lowest BCUT2D eigenvalue weighted by atomic mass is 10.1. The highest BCUT2D eigenvalue weighted by Crippen LogP contribution is 2.22. The molecule has 1 heterocycles. The minimum atomic E-state index is -0.169. The maximum Gasteiger partial charge on any atom is 0.255 e. The SMILES string of the molecule is CN(Cc1cccc(O)c1)C(=O)c1cc(-n2cccc2)ccc1Cl. The summed E-state index contributed by atoms with van der Waals surface area (Å²) in [4.78, 5) is 14.3. The summed E-state index contributed by atoms with van der Waals surface area (Å²) in [5.74, 6) is 0.0123. The number of aromatic hydroxyl groups is 1. The summed E-state index contributed by atoms with van der Waals surface area (Å²) in [5, 5.41) is 9.96. The molecular formula is C19H17ClN2O2. The van der Waals surface area contributed by atoms with Gasteiger partial charge in [-0.3, -0.25) is 4.79 Å². The predicted octanol–water partition coefficient (Wildman–Crippen LogP) is 4.11. The van der Waals surface area contributed by atoms with Gasteiger partial charge in [0.05, 0.1) is 10.6 Å². The van der Waals surface area contributed by atoms with E-state index in [0.717, 1.165) is 11.3 Å². The molecule has 0 spiro atoms. The van der Waals surface area contributed by atoms with E-state index < -0.39 is 0 Å². The van der Waals surface area contributed by atoms with Crippen LogP contribution >= 0.6 is 11.6 Å². The molecule has 0 fully saturated rings. The summed E-state index contributed by atoms with van der Waals surface area (Å²) in [5.41, 5.74) is 2.17. The first kappa shape index (κ1) is 16.1. The Morgan fingerprint density at radius 1 is 1.12 bits per heavy atom. The molecule has 3 rings (SSSR count). The summed E-state index contributed by atoms with van der Waals surface area (Å²) < 4.78 is 1.92. The molecule has 1 N–H and O–H groups in total. The number of phenolic OH excluding ortho intramolecular Hbond substituents is 1. The van der Waals surface area contributed by atoms with Gasteiger partial charge in [-0.05, 0) is 48.0 Å². The van der Waals surface area contributed by atoms with Crippen LogP contribution in [0.25, 0.3) is 5.69 Å². The van der Waals surface area contributed by atoms with E-state index in [1.807, 2.05) is 41.2 Å². The Bertz CT molecular complexity index is 860. The molecule has 0 aliphatic heterocycles. The van der Waals surface area contributed by atoms with E-state index in [4.69, 9.17) is 11.6 Å². The average molecular weight is 341 g/mol. The Hall–Kier alpha value is -2.72. The monoisotopic (exact) mass is 340 g/mol. The Labute approximate surface area is 145 Å². The number of benzene rings is 2. The molecule has 0 bridgehead atoms. The summed E-state index contributed by atoms with van der Waals surface area (Å²) in [7, 11) is 1.71. The Kier molecular flexibility index (Phi) is 4.58. The van der Waals surface area contributed by atoms with Gasteiger partial charge in [-0.15, -0.1) is 0 Å². The van der Waals surface area contributed by atoms with E-state index in [1.54, 1.807) is 42.3 Å². The molecule has 0 radical (unpaired) electrons. The van der Waals surface area contributed by atoms with Gasteiger partial charge in [-0.2, -0.15) is 0 Å². The number of carbonyl (C=O) groups is 1. The highest BCUT2D eigenvalue weighted by molar-refractivity contribution is 6.33. The average Bonchev–Trinajstić information content (AvgIpc) is 3.09. The van der Waals surface area contributed by atoms with Crippen molar-refractivity contribution in [1.29, 1.82) is 0 Å². The fourth-order valence-electron chi connectivity index (χ4n) is 2.55. The highest BCUT2D eigenvalue weighted by atomic mass is 35.5. The van der Waals surface area contributed by atoms with Crippen molar-refractivity contribution in [3.63, 3.8) is 0 Å². The molecule has 0 unspecified atom stereocenters. The first-order chi connectivity index (χ1) is 11.5. The quantitative estimate of drug-likeness (QED) is 0.777. The van der Waals surface area contributed by atoms with Gasteiger partial charge >= 0.3 is 0 Å². The molecular weight excluding hydrogens is 324 g/mol. The van der Waals surface area contributed by atoms with Crippen LogP contribution < -0.4 is 0 Å². The molecule has 5 heteroatoms. The highest BCUT2D eigenvalue weighted by Gasteiger charge is 2.16. The topological polar surface area (TPSA) is 45.5 Å². The van der Waals surface area contributed by atoms with Crippen molar-refractivity contribution >= 4 is 17.5 Å². The Morgan fingerprint density at radius 3 is 2.58 bits per heavy atom. The van der Waals surface area contributed by atoms with Crippen LogP contribution in [0.15, 0.2) is 67.0 Å². The summed E-state index contributed by atoms with van der Waals surface area (Å²) in [6.07, 6.45) is 3.82.